The average molecular weight is 380 g/mol. The molecule has 27 heavy (non-hydrogen) atoms. The Kier molecular flexibility index (Phi) is 6.57. The highest BCUT2D eigenvalue weighted by Crippen LogP contribution is 2.31. The van der Waals surface area contributed by atoms with Crippen molar-refractivity contribution in [1.82, 2.24) is 5.32 Å². The summed E-state index contributed by atoms with van der Waals surface area (Å²) in [7, 11) is 1.20. The minimum atomic E-state index is -4.47. The molecule has 2 rings (SSSR count). The molecule has 0 aliphatic carbocycles. The van der Waals surface area contributed by atoms with Crippen LogP contribution in [0, 0.1) is 0 Å². The van der Waals surface area contributed by atoms with Crippen molar-refractivity contribution in [2.24, 2.45) is 5.73 Å². The lowest BCUT2D eigenvalue weighted by Crippen LogP contribution is -2.37. The van der Waals surface area contributed by atoms with Gasteiger partial charge < -0.3 is 10.5 Å². The molecule has 0 saturated carbocycles. The number of carbonyl (C=O) groups excluding carboxylic acids is 2. The molecule has 3 N–H and O–H groups in total. The zero-order valence-electron chi connectivity index (χ0n) is 14.5. The molecule has 0 radical (unpaired) electrons. The zero-order valence-corrected chi connectivity index (χ0v) is 14.5. The maximum Gasteiger partial charge on any atom is 0.416 e. The van der Waals surface area contributed by atoms with Gasteiger partial charge in [0.05, 0.1) is 19.1 Å². The Morgan fingerprint density at radius 2 is 1.63 bits per heavy atom. The third-order valence-electron chi connectivity index (χ3n) is 4.02. The van der Waals surface area contributed by atoms with Crippen molar-refractivity contribution in [2.75, 3.05) is 7.11 Å². The van der Waals surface area contributed by atoms with Crippen molar-refractivity contribution in [3.8, 4) is 0 Å². The number of amides is 1. The molecule has 0 bridgehead atoms. The van der Waals surface area contributed by atoms with Crippen LogP contribution in [0.3, 0.4) is 0 Å². The highest BCUT2D eigenvalue weighted by atomic mass is 19.4. The summed E-state index contributed by atoms with van der Waals surface area (Å²) in [5, 5.41) is 2.95. The summed E-state index contributed by atoms with van der Waals surface area (Å²) in [5.41, 5.74) is 5.64. The van der Waals surface area contributed by atoms with E-state index in [0.29, 0.717) is 11.1 Å². The summed E-state index contributed by atoms with van der Waals surface area (Å²) >= 11 is 0. The molecule has 0 aliphatic heterocycles. The zero-order chi connectivity index (χ0) is 20.0. The van der Waals surface area contributed by atoms with Crippen LogP contribution in [-0.4, -0.2) is 19.0 Å². The fraction of sp³-hybridized carbons (Fsp3) is 0.263. The molecule has 0 spiro atoms. The molecule has 1 unspecified atom stereocenters. The summed E-state index contributed by atoms with van der Waals surface area (Å²) in [6.07, 6.45) is -4.65. The number of ether oxygens (including phenoxy) is 1. The van der Waals surface area contributed by atoms with Gasteiger partial charge >= 0.3 is 12.1 Å². The topological polar surface area (TPSA) is 81.4 Å². The van der Waals surface area contributed by atoms with Gasteiger partial charge in [0.25, 0.3) is 0 Å². The Hall–Kier alpha value is -2.87. The van der Waals surface area contributed by atoms with Crippen LogP contribution >= 0.6 is 0 Å². The molecule has 144 valence electrons. The second-order valence-corrected chi connectivity index (χ2v) is 5.87. The number of benzene rings is 2. The van der Waals surface area contributed by atoms with Gasteiger partial charge in [0.15, 0.2) is 0 Å². The average Bonchev–Trinajstić information content (AvgIpc) is 2.64. The van der Waals surface area contributed by atoms with Crippen molar-refractivity contribution in [2.45, 2.75) is 24.7 Å². The Labute approximate surface area is 154 Å². The molecule has 5 nitrogen and oxygen atoms in total. The number of hydrogen-bond acceptors (Lipinski definition) is 4. The van der Waals surface area contributed by atoms with Gasteiger partial charge in [0.1, 0.15) is 6.04 Å². The van der Waals surface area contributed by atoms with Crippen LogP contribution in [0.5, 0.6) is 0 Å². The van der Waals surface area contributed by atoms with Gasteiger partial charge in [-0.3, -0.25) is 14.9 Å². The summed E-state index contributed by atoms with van der Waals surface area (Å²) in [6, 6.07) is 11.2. The van der Waals surface area contributed by atoms with Crippen molar-refractivity contribution in [1.29, 1.82) is 0 Å². The lowest BCUT2D eigenvalue weighted by molar-refractivity contribution is -0.141. The first-order valence-electron chi connectivity index (χ1n) is 8.06. The minimum Gasteiger partial charge on any atom is -0.469 e. The molecule has 2 atom stereocenters. The number of nitrogens with one attached hydrogen (secondary N) is 1. The predicted octanol–water partition coefficient (Wildman–Crippen LogP) is 3.13. The molecule has 1 amide bonds. The van der Waals surface area contributed by atoms with Gasteiger partial charge in [-0.05, 0) is 23.3 Å². The first-order chi connectivity index (χ1) is 12.7. The third-order valence-corrected chi connectivity index (χ3v) is 4.02. The van der Waals surface area contributed by atoms with E-state index in [1.54, 1.807) is 30.3 Å². The quantitative estimate of drug-likeness (QED) is 0.723. The van der Waals surface area contributed by atoms with Gasteiger partial charge in [-0.1, -0.05) is 42.5 Å². The number of halogens is 3. The standard InChI is InChI=1S/C19H19F3N2O3/c1-27-16(25)11-15(12-7-9-14(10-8-12)19(20,21)22)24-17(18(23)26)13-5-3-2-4-6-13/h2-10,15,17,24H,11H2,1H3,(H2,23,26)/t15?,17-/m0/s1. The first kappa shape index (κ1) is 20.4. The van der Waals surface area contributed by atoms with Crippen LogP contribution in [0.15, 0.2) is 54.6 Å². The van der Waals surface area contributed by atoms with Crippen molar-refractivity contribution in [3.63, 3.8) is 0 Å². The van der Waals surface area contributed by atoms with Crippen molar-refractivity contribution >= 4 is 11.9 Å². The number of nitrogens with two attached hydrogens (primary N) is 1. The fourth-order valence-corrected chi connectivity index (χ4v) is 2.62. The number of primary amides is 1. The second-order valence-electron chi connectivity index (χ2n) is 5.87. The van der Waals surface area contributed by atoms with E-state index in [-0.39, 0.29) is 6.42 Å². The van der Waals surface area contributed by atoms with Gasteiger partial charge in [0, 0.05) is 6.04 Å². The van der Waals surface area contributed by atoms with E-state index in [9.17, 15) is 22.8 Å². The largest absolute Gasteiger partial charge is 0.469 e. The van der Waals surface area contributed by atoms with Crippen LogP contribution < -0.4 is 11.1 Å². The minimum absolute atomic E-state index is 0.182. The van der Waals surface area contributed by atoms with Crippen LogP contribution in [0.1, 0.15) is 35.2 Å². The van der Waals surface area contributed by atoms with Crippen LogP contribution in [0.25, 0.3) is 0 Å². The monoisotopic (exact) mass is 380 g/mol. The smallest absolute Gasteiger partial charge is 0.416 e. The molecule has 8 heteroatoms. The molecule has 0 heterocycles. The van der Waals surface area contributed by atoms with E-state index in [1.165, 1.54) is 19.2 Å². The summed E-state index contributed by atoms with van der Waals surface area (Å²) in [6.45, 7) is 0. The number of alkyl halides is 3. The fourth-order valence-electron chi connectivity index (χ4n) is 2.62. The lowest BCUT2D eigenvalue weighted by Gasteiger charge is -2.24. The summed E-state index contributed by atoms with van der Waals surface area (Å²) in [4.78, 5) is 23.7. The summed E-state index contributed by atoms with van der Waals surface area (Å²) < 4.78 is 43.0. The number of carbonyl (C=O) groups is 2. The predicted molar refractivity (Wildman–Crippen MR) is 92.3 cm³/mol. The third kappa shape index (κ3) is 5.55. The molecular formula is C19H19F3N2O3. The van der Waals surface area contributed by atoms with E-state index in [4.69, 9.17) is 5.73 Å². The van der Waals surface area contributed by atoms with Gasteiger partial charge in [-0.25, -0.2) is 0 Å². The highest BCUT2D eigenvalue weighted by molar-refractivity contribution is 5.81. The molecular weight excluding hydrogens is 361 g/mol. The Bertz CT molecular complexity index is 777. The van der Waals surface area contributed by atoms with E-state index < -0.39 is 35.7 Å². The summed E-state index contributed by atoms with van der Waals surface area (Å²) in [5.74, 6) is -1.26. The van der Waals surface area contributed by atoms with Crippen LogP contribution in [0.4, 0.5) is 13.2 Å². The molecule has 2 aromatic rings. The van der Waals surface area contributed by atoms with Gasteiger partial charge in [-0.2, -0.15) is 13.2 Å². The van der Waals surface area contributed by atoms with E-state index >= 15 is 0 Å². The second kappa shape index (κ2) is 8.68. The van der Waals surface area contributed by atoms with Crippen molar-refractivity contribution < 1.29 is 27.5 Å². The van der Waals surface area contributed by atoms with Crippen LogP contribution in [-0.2, 0) is 20.5 Å². The van der Waals surface area contributed by atoms with Gasteiger partial charge in [-0.15, -0.1) is 0 Å². The lowest BCUT2D eigenvalue weighted by atomic mass is 9.98. The normalized spacial score (nSPS) is 13.6. The van der Waals surface area contributed by atoms with E-state index in [1.807, 2.05) is 0 Å². The molecule has 0 saturated heterocycles. The number of esters is 1. The number of methoxy groups -OCH3 is 1. The Morgan fingerprint density at radius 3 is 2.11 bits per heavy atom. The molecule has 0 aliphatic rings. The Morgan fingerprint density at radius 1 is 1.04 bits per heavy atom. The SMILES string of the molecule is COC(=O)CC(N[C@H](C(N)=O)c1ccccc1)c1ccc(C(F)(F)F)cc1. The number of rotatable bonds is 7. The molecule has 0 fully saturated rings. The van der Waals surface area contributed by atoms with Crippen molar-refractivity contribution in [3.05, 3.63) is 71.3 Å². The Balaban J connectivity index is 2.33. The molecule has 0 aromatic heterocycles. The van der Waals surface area contributed by atoms with E-state index in [0.717, 1.165) is 12.1 Å². The highest BCUT2D eigenvalue weighted by Gasteiger charge is 2.31. The maximum atomic E-state index is 12.8. The van der Waals surface area contributed by atoms with Crippen LogP contribution in [0.2, 0.25) is 0 Å². The maximum absolute atomic E-state index is 12.8. The molecule has 2 aromatic carbocycles. The number of hydrogen-bond donors (Lipinski definition) is 2. The van der Waals surface area contributed by atoms with E-state index in [2.05, 4.69) is 10.1 Å². The first-order valence-corrected chi connectivity index (χ1v) is 8.06. The van der Waals surface area contributed by atoms with Gasteiger partial charge in [0.2, 0.25) is 5.91 Å².